The molecular weight excluding hydrogens is 298 g/mol. The van der Waals surface area contributed by atoms with Crippen molar-refractivity contribution < 1.29 is 13.2 Å². The van der Waals surface area contributed by atoms with Gasteiger partial charge in [0.1, 0.15) is 9.90 Å². The molecule has 0 saturated heterocycles. The number of ether oxygens (including phenoxy) is 1. The van der Waals surface area contributed by atoms with Gasteiger partial charge in [-0.3, -0.25) is 0 Å². The average Bonchev–Trinajstić information content (AvgIpc) is 3.12. The van der Waals surface area contributed by atoms with Gasteiger partial charge in [-0.1, -0.05) is 0 Å². The number of nitrogens with two attached hydrogens (primary N) is 1. The van der Waals surface area contributed by atoms with Crippen LogP contribution in [0.25, 0.3) is 0 Å². The van der Waals surface area contributed by atoms with Crippen LogP contribution < -0.4 is 10.6 Å². The lowest BCUT2D eigenvalue weighted by Gasteiger charge is -2.30. The smallest absolute Gasteiger partial charge is 0.182 e. The molecule has 2 N–H and O–H groups in total. The molecule has 114 valence electrons. The van der Waals surface area contributed by atoms with Gasteiger partial charge in [0, 0.05) is 26.0 Å². The van der Waals surface area contributed by atoms with Crippen LogP contribution in [0.1, 0.15) is 19.8 Å². The molecular formula is C12H21N3O3S2. The van der Waals surface area contributed by atoms with Gasteiger partial charge in [0.2, 0.25) is 0 Å². The molecule has 0 aromatic carbocycles. The van der Waals surface area contributed by atoms with E-state index in [1.165, 1.54) is 19.1 Å². The second-order valence-electron chi connectivity index (χ2n) is 5.24. The van der Waals surface area contributed by atoms with Crippen molar-refractivity contribution in [3.05, 3.63) is 0 Å². The molecule has 6 nitrogen and oxygen atoms in total. The summed E-state index contributed by atoms with van der Waals surface area (Å²) < 4.78 is 33.1. The molecule has 1 unspecified atom stereocenters. The highest BCUT2D eigenvalue weighted by Gasteiger charge is 2.35. The van der Waals surface area contributed by atoms with Gasteiger partial charge in [0.15, 0.2) is 15.7 Å². The van der Waals surface area contributed by atoms with Gasteiger partial charge < -0.3 is 15.4 Å². The summed E-state index contributed by atoms with van der Waals surface area (Å²) in [4.78, 5) is 2.23. The zero-order chi connectivity index (χ0) is 14.9. The van der Waals surface area contributed by atoms with E-state index in [4.69, 9.17) is 10.5 Å². The van der Waals surface area contributed by atoms with Crippen molar-refractivity contribution >= 4 is 32.2 Å². The number of nitrogens with zero attached hydrogens (tertiary/aromatic N) is 2. The van der Waals surface area contributed by atoms with E-state index in [1.54, 1.807) is 7.11 Å². The van der Waals surface area contributed by atoms with Crippen molar-refractivity contribution in [2.75, 3.05) is 37.2 Å². The molecule has 1 saturated carbocycles. The summed E-state index contributed by atoms with van der Waals surface area (Å²) in [6, 6.07) is 0.269. The SMILES string of the molecule is COCCN(c1snc(N)c1S(C)(=O)=O)C(C)C1CC1. The Bertz CT molecular complexity index is 567. The van der Waals surface area contributed by atoms with E-state index >= 15 is 0 Å². The maximum Gasteiger partial charge on any atom is 0.182 e. The third-order valence-electron chi connectivity index (χ3n) is 3.62. The van der Waals surface area contributed by atoms with Crippen LogP contribution in [-0.4, -0.2) is 45.4 Å². The topological polar surface area (TPSA) is 85.5 Å². The molecule has 1 heterocycles. The van der Waals surface area contributed by atoms with Crippen molar-refractivity contribution in [3.63, 3.8) is 0 Å². The molecule has 1 aromatic heterocycles. The maximum atomic E-state index is 12.0. The number of hydrogen-bond acceptors (Lipinski definition) is 7. The van der Waals surface area contributed by atoms with Gasteiger partial charge >= 0.3 is 0 Å². The largest absolute Gasteiger partial charge is 0.383 e. The highest BCUT2D eigenvalue weighted by atomic mass is 32.2. The van der Waals surface area contributed by atoms with E-state index in [2.05, 4.69) is 16.2 Å². The number of hydrogen-bond donors (Lipinski definition) is 1. The molecule has 0 bridgehead atoms. The van der Waals surface area contributed by atoms with Crippen molar-refractivity contribution in [1.29, 1.82) is 0 Å². The van der Waals surface area contributed by atoms with Crippen LogP contribution in [0.5, 0.6) is 0 Å². The zero-order valence-electron chi connectivity index (χ0n) is 12.0. The molecule has 1 aromatic rings. The Hall–Kier alpha value is -0.860. The van der Waals surface area contributed by atoms with Crippen molar-refractivity contribution in [3.8, 4) is 0 Å². The van der Waals surface area contributed by atoms with Crippen LogP contribution >= 0.6 is 11.5 Å². The summed E-state index contributed by atoms with van der Waals surface area (Å²) in [6.45, 7) is 3.30. The van der Waals surface area contributed by atoms with Crippen LogP contribution in [0.15, 0.2) is 4.90 Å². The standard InChI is InChI=1S/C12H21N3O3S2/c1-8(9-4-5-9)15(6-7-18-2)12-10(20(3,16)17)11(13)14-19-12/h8-9H,4-7H2,1-3H3,(H2,13,14). The van der Waals surface area contributed by atoms with Crippen LogP contribution in [-0.2, 0) is 14.6 Å². The second kappa shape index (κ2) is 5.87. The maximum absolute atomic E-state index is 12.0. The second-order valence-corrected chi connectivity index (χ2v) is 7.94. The molecule has 20 heavy (non-hydrogen) atoms. The van der Waals surface area contributed by atoms with E-state index in [0.29, 0.717) is 24.1 Å². The molecule has 1 fully saturated rings. The molecule has 0 spiro atoms. The average molecular weight is 319 g/mol. The number of sulfone groups is 1. The molecule has 0 amide bonds. The van der Waals surface area contributed by atoms with Crippen molar-refractivity contribution in [1.82, 2.24) is 4.37 Å². The Morgan fingerprint density at radius 3 is 2.70 bits per heavy atom. The van der Waals surface area contributed by atoms with Crippen LogP contribution in [0.2, 0.25) is 0 Å². The highest BCUT2D eigenvalue weighted by Crippen LogP contribution is 2.41. The number of anilines is 2. The molecule has 2 rings (SSSR count). The molecule has 1 aliphatic carbocycles. The minimum atomic E-state index is -3.39. The summed E-state index contributed by atoms with van der Waals surface area (Å²) in [6.07, 6.45) is 3.55. The van der Waals surface area contributed by atoms with Crippen molar-refractivity contribution in [2.24, 2.45) is 5.92 Å². The minimum absolute atomic E-state index is 0.0953. The first kappa shape index (κ1) is 15.5. The van der Waals surface area contributed by atoms with Crippen LogP contribution in [0.3, 0.4) is 0 Å². The molecule has 0 radical (unpaired) electrons. The molecule has 0 aliphatic heterocycles. The molecule has 1 aliphatic rings. The Morgan fingerprint density at radius 2 is 2.20 bits per heavy atom. The third-order valence-corrected chi connectivity index (χ3v) is 5.79. The van der Waals surface area contributed by atoms with E-state index < -0.39 is 9.84 Å². The molecule has 1 atom stereocenters. The normalized spacial score (nSPS) is 17.1. The zero-order valence-corrected chi connectivity index (χ0v) is 13.6. The van der Waals surface area contributed by atoms with Gasteiger partial charge in [-0.25, -0.2) is 8.42 Å². The van der Waals surface area contributed by atoms with Crippen LogP contribution in [0, 0.1) is 5.92 Å². The lowest BCUT2D eigenvalue weighted by Crippen LogP contribution is -2.37. The fourth-order valence-electron chi connectivity index (χ4n) is 2.33. The fourth-order valence-corrected chi connectivity index (χ4v) is 4.64. The lowest BCUT2D eigenvalue weighted by atomic mass is 10.2. The monoisotopic (exact) mass is 319 g/mol. The Labute approximate surface area is 124 Å². The van der Waals surface area contributed by atoms with Gasteiger partial charge in [-0.2, -0.15) is 4.37 Å². The van der Waals surface area contributed by atoms with E-state index in [9.17, 15) is 8.42 Å². The molecule has 8 heteroatoms. The summed E-state index contributed by atoms with van der Waals surface area (Å²) >= 11 is 1.15. The predicted octanol–water partition coefficient (Wildman–Crippen LogP) is 1.38. The van der Waals surface area contributed by atoms with E-state index in [-0.39, 0.29) is 16.8 Å². The van der Waals surface area contributed by atoms with E-state index in [1.807, 2.05) is 0 Å². The summed E-state index contributed by atoms with van der Waals surface area (Å²) in [5, 5.41) is 0.640. The van der Waals surface area contributed by atoms with Gasteiger partial charge in [-0.15, -0.1) is 0 Å². The fraction of sp³-hybridized carbons (Fsp3) is 0.750. The quantitative estimate of drug-likeness (QED) is 0.817. The first-order chi connectivity index (χ1) is 9.36. The first-order valence-electron chi connectivity index (χ1n) is 6.57. The summed E-state index contributed by atoms with van der Waals surface area (Å²) in [5.74, 6) is 0.709. The van der Waals surface area contributed by atoms with Gasteiger partial charge in [0.05, 0.1) is 6.61 Å². The Morgan fingerprint density at radius 1 is 1.55 bits per heavy atom. The number of nitrogen functional groups attached to an aromatic ring is 1. The summed E-state index contributed by atoms with van der Waals surface area (Å²) in [5.41, 5.74) is 5.75. The number of methoxy groups -OCH3 is 1. The number of rotatable bonds is 7. The van der Waals surface area contributed by atoms with Crippen molar-refractivity contribution in [2.45, 2.75) is 30.7 Å². The van der Waals surface area contributed by atoms with Crippen LogP contribution in [0.4, 0.5) is 10.8 Å². The van der Waals surface area contributed by atoms with Gasteiger partial charge in [-0.05, 0) is 37.2 Å². The lowest BCUT2D eigenvalue weighted by molar-refractivity contribution is 0.203. The van der Waals surface area contributed by atoms with E-state index in [0.717, 1.165) is 11.5 Å². The van der Waals surface area contributed by atoms with Gasteiger partial charge in [0.25, 0.3) is 0 Å². The first-order valence-corrected chi connectivity index (χ1v) is 9.23. The Kier molecular flexibility index (Phi) is 4.55. The third kappa shape index (κ3) is 3.24. The summed E-state index contributed by atoms with van der Waals surface area (Å²) in [7, 11) is -1.75. The predicted molar refractivity (Wildman–Crippen MR) is 81.0 cm³/mol. The highest BCUT2D eigenvalue weighted by molar-refractivity contribution is 7.91. The minimum Gasteiger partial charge on any atom is -0.383 e. The number of aromatic nitrogens is 1. The Balaban J connectivity index is 2.38.